The molecule has 0 unspecified atom stereocenters. The van der Waals surface area contributed by atoms with E-state index in [2.05, 4.69) is 52.0 Å². The summed E-state index contributed by atoms with van der Waals surface area (Å²) in [7, 11) is 2.03. The zero-order valence-corrected chi connectivity index (χ0v) is 13.3. The zero-order chi connectivity index (χ0) is 13.3. The Morgan fingerprint density at radius 2 is 2.17 bits per heavy atom. The fraction of sp³-hybridized carbons (Fsp3) is 0.769. The second-order valence-electron chi connectivity index (χ2n) is 5.71. The van der Waals surface area contributed by atoms with Gasteiger partial charge in [-0.3, -0.25) is 9.58 Å². The molecule has 1 aromatic rings. The lowest BCUT2D eigenvalue weighted by Gasteiger charge is -2.39. The van der Waals surface area contributed by atoms with Crippen molar-refractivity contribution in [3.05, 3.63) is 15.9 Å². The minimum atomic E-state index is 0.205. The predicted octanol–water partition coefficient (Wildman–Crippen LogP) is 1.93. The number of rotatable bonds is 3. The second kappa shape index (κ2) is 5.31. The summed E-state index contributed by atoms with van der Waals surface area (Å²) in [6, 6.07) is 0. The minimum Gasteiger partial charge on any atom is -0.309 e. The van der Waals surface area contributed by atoms with Gasteiger partial charge in [-0.2, -0.15) is 5.10 Å². The third kappa shape index (κ3) is 2.95. The molecule has 0 saturated carbocycles. The van der Waals surface area contributed by atoms with Gasteiger partial charge in [-0.25, -0.2) is 0 Å². The molecule has 0 aliphatic carbocycles. The lowest BCUT2D eigenvalue weighted by molar-refractivity contribution is 0.145. The topological polar surface area (TPSA) is 33.1 Å². The molecule has 1 aliphatic rings. The number of nitrogens with one attached hydrogen (secondary N) is 1. The Morgan fingerprint density at radius 3 is 2.72 bits per heavy atom. The number of aryl methyl sites for hydroxylation is 2. The lowest BCUT2D eigenvalue weighted by atomic mass is 10.0. The van der Waals surface area contributed by atoms with Crippen LogP contribution in [0.1, 0.15) is 32.2 Å². The van der Waals surface area contributed by atoms with Crippen LogP contribution in [0.15, 0.2) is 4.47 Å². The lowest BCUT2D eigenvalue weighted by Crippen LogP contribution is -2.56. The molecule has 0 amide bonds. The van der Waals surface area contributed by atoms with Gasteiger partial charge in [-0.15, -0.1) is 0 Å². The van der Waals surface area contributed by atoms with E-state index in [1.165, 1.54) is 10.2 Å². The van der Waals surface area contributed by atoms with Crippen molar-refractivity contribution < 1.29 is 0 Å². The predicted molar refractivity (Wildman–Crippen MR) is 77.6 cm³/mol. The van der Waals surface area contributed by atoms with Crippen molar-refractivity contribution in [3.63, 3.8) is 0 Å². The standard InChI is InChI=1S/C13H23BrN4/c1-5-10-12(14)11(17(4)16-10)8-18-7-6-15-13(2,3)9-18/h15H,5-9H2,1-4H3. The highest BCUT2D eigenvalue weighted by atomic mass is 79.9. The molecule has 1 aromatic heterocycles. The van der Waals surface area contributed by atoms with Crippen LogP contribution in [0.3, 0.4) is 0 Å². The first-order valence-electron chi connectivity index (χ1n) is 6.60. The van der Waals surface area contributed by atoms with Crippen molar-refractivity contribution >= 4 is 15.9 Å². The number of hydrogen-bond acceptors (Lipinski definition) is 3. The Bertz CT molecular complexity index is 425. The van der Waals surface area contributed by atoms with E-state index in [9.17, 15) is 0 Å². The van der Waals surface area contributed by atoms with Gasteiger partial charge in [0, 0.05) is 38.8 Å². The van der Waals surface area contributed by atoms with E-state index in [0.717, 1.165) is 38.3 Å². The van der Waals surface area contributed by atoms with E-state index in [1.807, 2.05) is 11.7 Å². The van der Waals surface area contributed by atoms with Crippen molar-refractivity contribution in [3.8, 4) is 0 Å². The summed E-state index contributed by atoms with van der Waals surface area (Å²) in [5.41, 5.74) is 2.64. The van der Waals surface area contributed by atoms with Gasteiger partial charge in [-0.1, -0.05) is 6.92 Å². The van der Waals surface area contributed by atoms with E-state index in [0.29, 0.717) is 0 Å². The third-order valence-corrected chi connectivity index (χ3v) is 4.44. The summed E-state index contributed by atoms with van der Waals surface area (Å²) < 4.78 is 3.20. The van der Waals surface area contributed by atoms with Gasteiger partial charge >= 0.3 is 0 Å². The zero-order valence-electron chi connectivity index (χ0n) is 11.8. The Kier molecular flexibility index (Phi) is 4.14. The van der Waals surface area contributed by atoms with Crippen LogP contribution in [0.2, 0.25) is 0 Å². The highest BCUT2D eigenvalue weighted by molar-refractivity contribution is 9.10. The van der Waals surface area contributed by atoms with Crippen molar-refractivity contribution in [2.75, 3.05) is 19.6 Å². The van der Waals surface area contributed by atoms with Gasteiger partial charge in [0.05, 0.1) is 15.9 Å². The van der Waals surface area contributed by atoms with Crippen LogP contribution in [-0.2, 0) is 20.0 Å². The molecule has 102 valence electrons. The van der Waals surface area contributed by atoms with Crippen molar-refractivity contribution in [1.82, 2.24) is 20.0 Å². The largest absolute Gasteiger partial charge is 0.309 e. The van der Waals surface area contributed by atoms with Crippen molar-refractivity contribution in [1.29, 1.82) is 0 Å². The maximum Gasteiger partial charge on any atom is 0.0767 e. The summed E-state index contributed by atoms with van der Waals surface area (Å²) in [4.78, 5) is 2.50. The Morgan fingerprint density at radius 1 is 1.44 bits per heavy atom. The molecule has 0 radical (unpaired) electrons. The van der Waals surface area contributed by atoms with Crippen LogP contribution in [0.25, 0.3) is 0 Å². The summed E-state index contributed by atoms with van der Waals surface area (Å²) in [6.07, 6.45) is 0.974. The normalized spacial score (nSPS) is 20.3. The third-order valence-electron chi connectivity index (χ3n) is 3.53. The van der Waals surface area contributed by atoms with Crippen LogP contribution in [0, 0.1) is 0 Å². The van der Waals surface area contributed by atoms with E-state index < -0.39 is 0 Å². The molecule has 0 spiro atoms. The fourth-order valence-electron chi connectivity index (χ4n) is 2.58. The first kappa shape index (κ1) is 14.0. The van der Waals surface area contributed by atoms with Crippen LogP contribution >= 0.6 is 15.9 Å². The molecule has 1 fully saturated rings. The van der Waals surface area contributed by atoms with E-state index in [-0.39, 0.29) is 5.54 Å². The van der Waals surface area contributed by atoms with Gasteiger partial charge in [0.1, 0.15) is 0 Å². The summed E-state index contributed by atoms with van der Waals surface area (Å²) in [6.45, 7) is 10.9. The van der Waals surface area contributed by atoms with E-state index >= 15 is 0 Å². The first-order chi connectivity index (χ1) is 8.43. The Labute approximate surface area is 118 Å². The molecule has 2 rings (SSSR count). The molecule has 0 bridgehead atoms. The molecule has 4 nitrogen and oxygen atoms in total. The summed E-state index contributed by atoms with van der Waals surface area (Å²) in [5.74, 6) is 0. The number of aromatic nitrogens is 2. The Hall–Kier alpha value is -0.390. The quantitative estimate of drug-likeness (QED) is 0.925. The summed E-state index contributed by atoms with van der Waals surface area (Å²) in [5, 5.41) is 8.10. The van der Waals surface area contributed by atoms with Gasteiger partial charge < -0.3 is 5.32 Å². The minimum absolute atomic E-state index is 0.205. The summed E-state index contributed by atoms with van der Waals surface area (Å²) >= 11 is 3.69. The highest BCUT2D eigenvalue weighted by Crippen LogP contribution is 2.24. The average Bonchev–Trinajstić information content (AvgIpc) is 2.55. The van der Waals surface area contributed by atoms with Gasteiger partial charge in [-0.05, 0) is 36.2 Å². The number of piperazine rings is 1. The monoisotopic (exact) mass is 314 g/mol. The van der Waals surface area contributed by atoms with Crippen molar-refractivity contribution in [2.24, 2.45) is 7.05 Å². The second-order valence-corrected chi connectivity index (χ2v) is 6.50. The average molecular weight is 315 g/mol. The number of nitrogens with zero attached hydrogens (tertiary/aromatic N) is 3. The van der Waals surface area contributed by atoms with Gasteiger partial charge in [0.2, 0.25) is 0 Å². The Balaban J connectivity index is 2.12. The van der Waals surface area contributed by atoms with Crippen LogP contribution in [-0.4, -0.2) is 39.9 Å². The molecular formula is C13H23BrN4. The molecule has 2 heterocycles. The number of halogens is 1. The molecule has 1 saturated heterocycles. The molecule has 1 N–H and O–H groups in total. The van der Waals surface area contributed by atoms with Gasteiger partial charge in [0.15, 0.2) is 0 Å². The smallest absolute Gasteiger partial charge is 0.0767 e. The van der Waals surface area contributed by atoms with Gasteiger partial charge in [0.25, 0.3) is 0 Å². The molecule has 0 atom stereocenters. The van der Waals surface area contributed by atoms with E-state index in [1.54, 1.807) is 0 Å². The molecule has 0 aromatic carbocycles. The van der Waals surface area contributed by atoms with Crippen molar-refractivity contribution in [2.45, 2.75) is 39.3 Å². The number of hydrogen-bond donors (Lipinski definition) is 1. The maximum atomic E-state index is 4.56. The SMILES string of the molecule is CCc1nn(C)c(CN2CCNC(C)(C)C2)c1Br. The highest BCUT2D eigenvalue weighted by Gasteiger charge is 2.27. The van der Waals surface area contributed by atoms with Crippen LogP contribution in [0.4, 0.5) is 0 Å². The first-order valence-corrected chi connectivity index (χ1v) is 7.40. The molecule has 18 heavy (non-hydrogen) atoms. The molecular weight excluding hydrogens is 292 g/mol. The van der Waals surface area contributed by atoms with E-state index in [4.69, 9.17) is 0 Å². The van der Waals surface area contributed by atoms with Crippen LogP contribution in [0.5, 0.6) is 0 Å². The molecule has 1 aliphatic heterocycles. The van der Waals surface area contributed by atoms with Crippen LogP contribution < -0.4 is 5.32 Å². The maximum absolute atomic E-state index is 4.56. The fourth-order valence-corrected chi connectivity index (χ4v) is 3.33. The molecule has 5 heteroatoms.